The number of carboxylic acids is 1. The minimum atomic E-state index is -1.21. The van der Waals surface area contributed by atoms with Gasteiger partial charge in [-0.15, -0.1) is 0 Å². The van der Waals surface area contributed by atoms with Gasteiger partial charge in [-0.1, -0.05) is 60.4 Å². The molecule has 0 amide bonds. The number of rotatable bonds is 5. The highest BCUT2D eigenvalue weighted by Crippen LogP contribution is 2.21. The molecular formula is C24H17ClO3. The molecule has 0 saturated heterocycles. The van der Waals surface area contributed by atoms with Crippen molar-refractivity contribution in [3.8, 4) is 11.8 Å². The number of carbonyl (C=O) groups excluding carboxylic acids is 1. The summed E-state index contributed by atoms with van der Waals surface area (Å²) in [7, 11) is 0. The van der Waals surface area contributed by atoms with E-state index in [4.69, 9.17) is 11.6 Å². The first-order chi connectivity index (χ1) is 13.5. The molecule has 0 saturated carbocycles. The van der Waals surface area contributed by atoms with Gasteiger partial charge in [-0.05, 0) is 59.8 Å². The third kappa shape index (κ3) is 4.88. The minimum absolute atomic E-state index is 0.0116. The smallest absolute Gasteiger partial charge is 0.336 e. The summed E-state index contributed by atoms with van der Waals surface area (Å²) in [6.45, 7) is 0. The van der Waals surface area contributed by atoms with Gasteiger partial charge in [0.15, 0.2) is 0 Å². The fourth-order valence-corrected chi connectivity index (χ4v) is 3.05. The Kier molecular flexibility index (Phi) is 6.26. The van der Waals surface area contributed by atoms with Crippen molar-refractivity contribution in [2.45, 2.75) is 12.8 Å². The van der Waals surface area contributed by atoms with Crippen LogP contribution in [0.3, 0.4) is 0 Å². The number of hydrogen-bond acceptors (Lipinski definition) is 2. The fraction of sp³-hybridized carbons (Fsp3) is 0.0833. The number of aryl methyl sites for hydroxylation is 2. The van der Waals surface area contributed by atoms with Crippen molar-refractivity contribution >= 4 is 22.8 Å². The first-order valence-corrected chi connectivity index (χ1v) is 9.13. The van der Waals surface area contributed by atoms with Crippen LogP contribution in [0.5, 0.6) is 0 Å². The van der Waals surface area contributed by atoms with Crippen LogP contribution >= 0.6 is 11.6 Å². The summed E-state index contributed by atoms with van der Waals surface area (Å²) >= 11 is 5.63. The zero-order valence-corrected chi connectivity index (χ0v) is 15.7. The molecule has 3 aromatic rings. The van der Waals surface area contributed by atoms with Gasteiger partial charge in [-0.2, -0.15) is 0 Å². The molecule has 0 radical (unpaired) electrons. The lowest BCUT2D eigenvalue weighted by atomic mass is 9.94. The molecule has 0 aliphatic heterocycles. The van der Waals surface area contributed by atoms with Crippen molar-refractivity contribution < 1.29 is 14.7 Å². The zero-order valence-electron chi connectivity index (χ0n) is 15.0. The van der Waals surface area contributed by atoms with Crippen molar-refractivity contribution in [3.63, 3.8) is 0 Å². The molecular weight excluding hydrogens is 372 g/mol. The van der Waals surface area contributed by atoms with E-state index in [1.807, 2.05) is 60.7 Å². The average molecular weight is 389 g/mol. The van der Waals surface area contributed by atoms with Crippen molar-refractivity contribution in [3.05, 3.63) is 106 Å². The van der Waals surface area contributed by atoms with Gasteiger partial charge in [-0.3, -0.25) is 4.79 Å². The van der Waals surface area contributed by atoms with Crippen molar-refractivity contribution in [2.75, 3.05) is 0 Å². The molecule has 0 bridgehead atoms. The Morgan fingerprint density at radius 2 is 1.46 bits per heavy atom. The topological polar surface area (TPSA) is 54.4 Å². The number of carbonyl (C=O) groups is 2. The molecule has 0 heterocycles. The average Bonchev–Trinajstić information content (AvgIpc) is 2.71. The Bertz CT molecular complexity index is 1060. The van der Waals surface area contributed by atoms with Gasteiger partial charge in [0.05, 0.1) is 5.56 Å². The van der Waals surface area contributed by atoms with Crippen LogP contribution in [-0.2, 0) is 12.8 Å². The molecule has 0 unspecified atom stereocenters. The molecule has 4 heteroatoms. The van der Waals surface area contributed by atoms with Crippen LogP contribution in [-0.4, -0.2) is 16.3 Å². The molecule has 3 aromatic carbocycles. The molecule has 1 N–H and O–H groups in total. The van der Waals surface area contributed by atoms with Crippen LogP contribution in [0.2, 0.25) is 0 Å². The fourth-order valence-electron chi connectivity index (χ4n) is 2.89. The van der Waals surface area contributed by atoms with E-state index in [1.165, 1.54) is 6.07 Å². The molecule has 0 aliphatic rings. The van der Waals surface area contributed by atoms with Gasteiger partial charge >= 0.3 is 5.97 Å². The molecule has 0 aliphatic carbocycles. The third-order valence-electron chi connectivity index (χ3n) is 4.33. The first-order valence-electron chi connectivity index (χ1n) is 8.75. The largest absolute Gasteiger partial charge is 0.478 e. The SMILES string of the molecule is O=C(O)c1cc(C#Cc2ccccc2)c(CCc2ccccc2)cc1C(=O)Cl. The Labute approximate surface area is 168 Å². The van der Waals surface area contributed by atoms with Crippen LogP contribution in [0.25, 0.3) is 0 Å². The van der Waals surface area contributed by atoms with E-state index in [9.17, 15) is 14.7 Å². The highest BCUT2D eigenvalue weighted by Gasteiger charge is 2.18. The highest BCUT2D eigenvalue weighted by atomic mass is 35.5. The van der Waals surface area contributed by atoms with Gasteiger partial charge in [0.25, 0.3) is 5.24 Å². The quantitative estimate of drug-likeness (QED) is 0.497. The summed E-state index contributed by atoms with van der Waals surface area (Å²) in [6, 6.07) is 22.4. The van der Waals surface area contributed by atoms with Crippen molar-refractivity contribution in [1.82, 2.24) is 0 Å². The van der Waals surface area contributed by atoms with Crippen LogP contribution in [0.1, 0.15) is 43.0 Å². The standard InChI is InChI=1S/C24H17ClO3/c25-23(26)21-15-19(13-11-17-7-3-1-4-8-17)20(16-22(21)24(27)28)14-12-18-9-5-2-6-10-18/h1-10,15-16H,11,13H2,(H,27,28). The van der Waals surface area contributed by atoms with Crippen molar-refractivity contribution in [2.24, 2.45) is 0 Å². The monoisotopic (exact) mass is 388 g/mol. The van der Waals surface area contributed by atoms with E-state index < -0.39 is 11.2 Å². The molecule has 0 fully saturated rings. The summed E-state index contributed by atoms with van der Waals surface area (Å²) < 4.78 is 0. The zero-order chi connectivity index (χ0) is 19.9. The molecule has 3 rings (SSSR count). The second-order valence-corrected chi connectivity index (χ2v) is 6.58. The van der Waals surface area contributed by atoms with Crippen LogP contribution in [0, 0.1) is 11.8 Å². The minimum Gasteiger partial charge on any atom is -0.478 e. The van der Waals surface area contributed by atoms with E-state index in [0.717, 1.165) is 23.1 Å². The first kappa shape index (κ1) is 19.4. The second kappa shape index (κ2) is 9.03. The van der Waals surface area contributed by atoms with Crippen LogP contribution in [0.4, 0.5) is 0 Å². The normalized spacial score (nSPS) is 10.0. The maximum Gasteiger partial charge on any atom is 0.336 e. The molecule has 0 atom stereocenters. The number of halogens is 1. The molecule has 138 valence electrons. The van der Waals surface area contributed by atoms with Crippen LogP contribution < -0.4 is 0 Å². The number of benzene rings is 3. The van der Waals surface area contributed by atoms with E-state index in [1.54, 1.807) is 6.07 Å². The predicted octanol–water partition coefficient (Wildman–Crippen LogP) is 4.95. The van der Waals surface area contributed by atoms with Crippen LogP contribution in [0.15, 0.2) is 72.8 Å². The lowest BCUT2D eigenvalue weighted by Gasteiger charge is -2.10. The Morgan fingerprint density at radius 3 is 2.07 bits per heavy atom. The molecule has 28 heavy (non-hydrogen) atoms. The highest BCUT2D eigenvalue weighted by molar-refractivity contribution is 6.68. The van der Waals surface area contributed by atoms with Gasteiger partial charge in [0, 0.05) is 16.7 Å². The van der Waals surface area contributed by atoms with Gasteiger partial charge < -0.3 is 5.11 Å². The summed E-state index contributed by atoms with van der Waals surface area (Å²) in [5.74, 6) is 4.91. The van der Waals surface area contributed by atoms with E-state index in [-0.39, 0.29) is 11.1 Å². The molecule has 0 spiro atoms. The predicted molar refractivity (Wildman–Crippen MR) is 110 cm³/mol. The van der Waals surface area contributed by atoms with Crippen molar-refractivity contribution in [1.29, 1.82) is 0 Å². The summed E-state index contributed by atoms with van der Waals surface area (Å²) in [5.41, 5.74) is 3.19. The lowest BCUT2D eigenvalue weighted by molar-refractivity contribution is 0.0693. The summed E-state index contributed by atoms with van der Waals surface area (Å²) in [6.07, 6.45) is 1.35. The Morgan fingerprint density at radius 1 is 0.821 bits per heavy atom. The Hall–Kier alpha value is -3.35. The number of hydrogen-bond donors (Lipinski definition) is 1. The Balaban J connectivity index is 2.03. The summed E-state index contributed by atoms with van der Waals surface area (Å²) in [5, 5.41) is 8.67. The number of aromatic carboxylic acids is 1. The summed E-state index contributed by atoms with van der Waals surface area (Å²) in [4.78, 5) is 23.3. The van der Waals surface area contributed by atoms with Gasteiger partial charge in [0.2, 0.25) is 0 Å². The van der Waals surface area contributed by atoms with Gasteiger partial charge in [0.1, 0.15) is 0 Å². The molecule has 3 nitrogen and oxygen atoms in total. The maximum absolute atomic E-state index is 11.8. The number of carboxylic acid groups (broad SMARTS) is 1. The lowest BCUT2D eigenvalue weighted by Crippen LogP contribution is -2.08. The van der Waals surface area contributed by atoms with Gasteiger partial charge in [-0.25, -0.2) is 4.79 Å². The van der Waals surface area contributed by atoms with E-state index in [0.29, 0.717) is 12.0 Å². The second-order valence-electron chi connectivity index (χ2n) is 6.24. The maximum atomic E-state index is 11.8. The molecule has 0 aromatic heterocycles. The third-order valence-corrected chi connectivity index (χ3v) is 4.53. The van der Waals surface area contributed by atoms with E-state index >= 15 is 0 Å². The van der Waals surface area contributed by atoms with E-state index in [2.05, 4.69) is 11.8 Å².